The molecule has 1 aromatic heterocycles. The molecule has 0 atom stereocenters. The van der Waals surface area contributed by atoms with E-state index in [0.29, 0.717) is 5.82 Å². The van der Waals surface area contributed by atoms with Crippen molar-refractivity contribution in [1.29, 1.82) is 0 Å². The number of rotatable bonds is 3. The Morgan fingerprint density at radius 1 is 1.71 bits per heavy atom. The molecule has 14 heavy (non-hydrogen) atoms. The van der Waals surface area contributed by atoms with E-state index in [2.05, 4.69) is 15.5 Å². The van der Waals surface area contributed by atoms with Crippen LogP contribution in [0, 0.1) is 12.3 Å². The fraction of sp³-hybridized carbons (Fsp3) is 0.556. The smallest absolute Gasteiger partial charge is 0.232 e. The second-order valence-electron chi connectivity index (χ2n) is 3.91. The van der Waals surface area contributed by atoms with Crippen LogP contribution in [0.4, 0.5) is 5.82 Å². The fourth-order valence-corrected chi connectivity index (χ4v) is 0.950. The van der Waals surface area contributed by atoms with Crippen LogP contribution in [-0.4, -0.2) is 22.0 Å². The molecule has 1 rings (SSSR count). The minimum atomic E-state index is -0.575. The minimum Gasteiger partial charge on any atom is -0.309 e. The molecule has 2 N–H and O–H groups in total. The predicted octanol–water partition coefficient (Wildman–Crippen LogP) is 1.92. The van der Waals surface area contributed by atoms with Crippen LogP contribution in [-0.2, 0) is 4.79 Å². The van der Waals surface area contributed by atoms with E-state index >= 15 is 0 Å². The first-order chi connectivity index (χ1) is 6.45. The summed E-state index contributed by atoms with van der Waals surface area (Å²) >= 11 is 5.67. The Balaban J connectivity index is 2.66. The van der Waals surface area contributed by atoms with Crippen LogP contribution in [0.2, 0.25) is 0 Å². The molecule has 5 heteroatoms. The topological polar surface area (TPSA) is 57.8 Å². The van der Waals surface area contributed by atoms with Gasteiger partial charge in [-0.05, 0) is 20.8 Å². The maximum Gasteiger partial charge on any atom is 0.232 e. The third kappa shape index (κ3) is 2.48. The summed E-state index contributed by atoms with van der Waals surface area (Å²) in [5.74, 6) is 0.687. The lowest BCUT2D eigenvalue weighted by atomic mass is 9.95. The molecule has 0 radical (unpaired) electrons. The number of aromatic amines is 1. The Morgan fingerprint density at radius 2 is 2.36 bits per heavy atom. The van der Waals surface area contributed by atoms with E-state index < -0.39 is 5.41 Å². The van der Waals surface area contributed by atoms with Crippen molar-refractivity contribution in [1.82, 2.24) is 10.2 Å². The molecular weight excluding hydrogens is 202 g/mol. The first kappa shape index (κ1) is 11.0. The Kier molecular flexibility index (Phi) is 3.16. The van der Waals surface area contributed by atoms with Gasteiger partial charge >= 0.3 is 0 Å². The van der Waals surface area contributed by atoms with Crippen LogP contribution in [0.3, 0.4) is 0 Å². The van der Waals surface area contributed by atoms with Crippen molar-refractivity contribution in [3.8, 4) is 0 Å². The number of carbonyl (C=O) groups excluding carboxylic acids is 1. The van der Waals surface area contributed by atoms with Gasteiger partial charge in [0.1, 0.15) is 0 Å². The SMILES string of the molecule is Cc1cc(NC(=O)C(C)(C)CCl)n[nH]1. The first-order valence-corrected chi connectivity index (χ1v) is 4.88. The molecule has 0 aliphatic carbocycles. The van der Waals surface area contributed by atoms with Gasteiger partial charge in [-0.25, -0.2) is 0 Å². The van der Waals surface area contributed by atoms with E-state index in [4.69, 9.17) is 11.6 Å². The molecule has 0 aliphatic heterocycles. The summed E-state index contributed by atoms with van der Waals surface area (Å²) in [7, 11) is 0. The fourth-order valence-electron chi connectivity index (χ4n) is 0.828. The number of halogens is 1. The molecule has 78 valence electrons. The number of amides is 1. The number of aryl methyl sites for hydroxylation is 1. The largest absolute Gasteiger partial charge is 0.309 e. The minimum absolute atomic E-state index is 0.126. The molecule has 1 heterocycles. The molecule has 0 saturated carbocycles. The van der Waals surface area contributed by atoms with Crippen molar-refractivity contribution >= 4 is 23.3 Å². The van der Waals surface area contributed by atoms with E-state index in [9.17, 15) is 4.79 Å². The van der Waals surface area contributed by atoms with Gasteiger partial charge in [-0.1, -0.05) is 0 Å². The number of hydrogen-bond acceptors (Lipinski definition) is 2. The van der Waals surface area contributed by atoms with Crippen LogP contribution >= 0.6 is 11.6 Å². The number of alkyl halides is 1. The molecule has 0 spiro atoms. The van der Waals surface area contributed by atoms with Crippen LogP contribution in [0.1, 0.15) is 19.5 Å². The van der Waals surface area contributed by atoms with Gasteiger partial charge in [0.25, 0.3) is 0 Å². The average molecular weight is 216 g/mol. The third-order valence-corrected chi connectivity index (χ3v) is 2.56. The van der Waals surface area contributed by atoms with Crippen LogP contribution in [0.15, 0.2) is 6.07 Å². The highest BCUT2D eigenvalue weighted by atomic mass is 35.5. The second-order valence-corrected chi connectivity index (χ2v) is 4.18. The summed E-state index contributed by atoms with van der Waals surface area (Å²) < 4.78 is 0. The average Bonchev–Trinajstić information content (AvgIpc) is 2.51. The number of nitrogens with zero attached hydrogens (tertiary/aromatic N) is 1. The van der Waals surface area contributed by atoms with Crippen LogP contribution in [0.25, 0.3) is 0 Å². The quantitative estimate of drug-likeness (QED) is 0.757. The number of hydrogen-bond donors (Lipinski definition) is 2. The summed E-state index contributed by atoms with van der Waals surface area (Å²) in [6.45, 7) is 5.44. The lowest BCUT2D eigenvalue weighted by Crippen LogP contribution is -2.32. The zero-order chi connectivity index (χ0) is 10.8. The maximum atomic E-state index is 11.6. The Bertz CT molecular complexity index is 333. The monoisotopic (exact) mass is 215 g/mol. The van der Waals surface area contributed by atoms with Gasteiger partial charge < -0.3 is 5.32 Å². The van der Waals surface area contributed by atoms with Crippen molar-refractivity contribution in [2.24, 2.45) is 5.41 Å². The Labute approximate surface area is 88.0 Å². The van der Waals surface area contributed by atoms with E-state index in [1.54, 1.807) is 19.9 Å². The van der Waals surface area contributed by atoms with Crippen molar-refractivity contribution in [2.45, 2.75) is 20.8 Å². The lowest BCUT2D eigenvalue weighted by molar-refractivity contribution is -0.123. The van der Waals surface area contributed by atoms with Crippen molar-refractivity contribution in [3.63, 3.8) is 0 Å². The summed E-state index contributed by atoms with van der Waals surface area (Å²) in [6.07, 6.45) is 0. The van der Waals surface area contributed by atoms with Crippen molar-refractivity contribution in [2.75, 3.05) is 11.2 Å². The van der Waals surface area contributed by atoms with Gasteiger partial charge in [-0.2, -0.15) is 5.10 Å². The zero-order valence-corrected chi connectivity index (χ0v) is 9.27. The Hall–Kier alpha value is -1.03. The van der Waals surface area contributed by atoms with Crippen LogP contribution < -0.4 is 5.32 Å². The van der Waals surface area contributed by atoms with Gasteiger partial charge in [-0.3, -0.25) is 9.89 Å². The highest BCUT2D eigenvalue weighted by Gasteiger charge is 2.26. The van der Waals surface area contributed by atoms with Gasteiger partial charge in [0.2, 0.25) is 5.91 Å². The van der Waals surface area contributed by atoms with Crippen molar-refractivity contribution in [3.05, 3.63) is 11.8 Å². The second kappa shape index (κ2) is 4.00. The highest BCUT2D eigenvalue weighted by Crippen LogP contribution is 2.19. The molecule has 0 aliphatic rings. The molecule has 0 saturated heterocycles. The van der Waals surface area contributed by atoms with Gasteiger partial charge in [0, 0.05) is 17.6 Å². The van der Waals surface area contributed by atoms with Gasteiger partial charge in [0.05, 0.1) is 5.41 Å². The number of aromatic nitrogens is 2. The summed E-state index contributed by atoms with van der Waals surface area (Å²) in [5.41, 5.74) is 0.331. The molecule has 1 amide bonds. The van der Waals surface area contributed by atoms with E-state index in [-0.39, 0.29) is 11.8 Å². The number of anilines is 1. The maximum absolute atomic E-state index is 11.6. The number of nitrogens with one attached hydrogen (secondary N) is 2. The van der Waals surface area contributed by atoms with Crippen LogP contribution in [0.5, 0.6) is 0 Å². The molecule has 0 aromatic carbocycles. The number of carbonyl (C=O) groups is 1. The lowest BCUT2D eigenvalue weighted by Gasteiger charge is -2.19. The Morgan fingerprint density at radius 3 is 2.79 bits per heavy atom. The zero-order valence-electron chi connectivity index (χ0n) is 8.52. The highest BCUT2D eigenvalue weighted by molar-refractivity contribution is 6.20. The van der Waals surface area contributed by atoms with E-state index in [0.717, 1.165) is 5.69 Å². The molecular formula is C9H14ClN3O. The number of H-pyrrole nitrogens is 1. The molecule has 0 unspecified atom stereocenters. The molecule has 0 fully saturated rings. The summed E-state index contributed by atoms with van der Waals surface area (Å²) in [6, 6.07) is 1.77. The molecule has 1 aromatic rings. The molecule has 0 bridgehead atoms. The molecule has 4 nitrogen and oxygen atoms in total. The van der Waals surface area contributed by atoms with E-state index in [1.165, 1.54) is 0 Å². The van der Waals surface area contributed by atoms with Gasteiger partial charge in [-0.15, -0.1) is 11.6 Å². The standard InChI is InChI=1S/C9H14ClN3O/c1-6-4-7(13-12-6)11-8(14)9(2,3)5-10/h4H,5H2,1-3H3,(H2,11,12,13,14). The first-order valence-electron chi connectivity index (χ1n) is 4.35. The summed E-state index contributed by atoms with van der Waals surface area (Å²) in [4.78, 5) is 11.6. The predicted molar refractivity (Wildman–Crippen MR) is 56.5 cm³/mol. The normalized spacial score (nSPS) is 11.4. The van der Waals surface area contributed by atoms with Crippen molar-refractivity contribution < 1.29 is 4.79 Å². The van der Waals surface area contributed by atoms with E-state index in [1.807, 2.05) is 6.92 Å². The van der Waals surface area contributed by atoms with Gasteiger partial charge in [0.15, 0.2) is 5.82 Å². The summed E-state index contributed by atoms with van der Waals surface area (Å²) in [5, 5.41) is 9.34. The third-order valence-electron chi connectivity index (χ3n) is 1.90.